The van der Waals surface area contributed by atoms with Gasteiger partial charge >= 0.3 is 0 Å². The van der Waals surface area contributed by atoms with Crippen molar-refractivity contribution in [3.8, 4) is 0 Å². The van der Waals surface area contributed by atoms with Crippen molar-refractivity contribution in [3.63, 3.8) is 0 Å². The summed E-state index contributed by atoms with van der Waals surface area (Å²) in [6.45, 7) is 7.70. The van der Waals surface area contributed by atoms with E-state index in [9.17, 15) is 0 Å². The molecule has 0 saturated carbocycles. The molecule has 1 aliphatic heterocycles. The van der Waals surface area contributed by atoms with Crippen LogP contribution in [-0.4, -0.2) is 28.5 Å². The lowest BCUT2D eigenvalue weighted by molar-refractivity contribution is 0.141. The van der Waals surface area contributed by atoms with Crippen molar-refractivity contribution in [2.75, 3.05) is 6.54 Å². The van der Waals surface area contributed by atoms with Crippen LogP contribution in [0.2, 0.25) is 0 Å². The van der Waals surface area contributed by atoms with Gasteiger partial charge in [-0.3, -0.25) is 9.88 Å². The summed E-state index contributed by atoms with van der Waals surface area (Å²) >= 11 is 0. The minimum Gasteiger partial charge on any atom is -0.326 e. The normalized spacial score (nSPS) is 26.3. The Morgan fingerprint density at radius 1 is 1.33 bits per heavy atom. The third kappa shape index (κ3) is 2.90. The number of pyridine rings is 1. The maximum absolute atomic E-state index is 6.40. The molecule has 2 heterocycles. The van der Waals surface area contributed by atoms with Gasteiger partial charge in [-0.15, -0.1) is 0 Å². The molecule has 0 amide bonds. The topological polar surface area (TPSA) is 42.1 Å². The van der Waals surface area contributed by atoms with Gasteiger partial charge < -0.3 is 5.73 Å². The largest absolute Gasteiger partial charge is 0.326 e. The molecule has 2 atom stereocenters. The van der Waals surface area contributed by atoms with Gasteiger partial charge in [0.1, 0.15) is 0 Å². The lowest BCUT2D eigenvalue weighted by Gasteiger charge is -2.36. The molecule has 0 radical (unpaired) electrons. The summed E-state index contributed by atoms with van der Waals surface area (Å²) in [5.41, 5.74) is 8.73. The van der Waals surface area contributed by atoms with E-state index in [1.165, 1.54) is 18.4 Å². The van der Waals surface area contributed by atoms with Gasteiger partial charge in [0.15, 0.2) is 0 Å². The summed E-state index contributed by atoms with van der Waals surface area (Å²) in [5, 5.41) is 0. The van der Waals surface area contributed by atoms with E-state index in [2.05, 4.69) is 42.8 Å². The van der Waals surface area contributed by atoms with E-state index in [0.29, 0.717) is 6.04 Å². The number of hydrogen-bond donors (Lipinski definition) is 1. The van der Waals surface area contributed by atoms with E-state index in [1.54, 1.807) is 0 Å². The molecule has 2 rings (SSSR count). The van der Waals surface area contributed by atoms with E-state index in [0.717, 1.165) is 18.7 Å². The van der Waals surface area contributed by atoms with Crippen LogP contribution in [0.15, 0.2) is 18.3 Å². The Morgan fingerprint density at radius 3 is 2.72 bits per heavy atom. The van der Waals surface area contributed by atoms with Crippen molar-refractivity contribution < 1.29 is 0 Å². The summed E-state index contributed by atoms with van der Waals surface area (Å²) < 4.78 is 0. The standard InChI is InChI=1S/C15H25N3/c1-11(2)18-9-5-4-6-13(16)15(18)14-8-7-12(3)10-17-14/h7-8,10-11,13,15H,4-6,9,16H2,1-3H3. The van der Waals surface area contributed by atoms with Crippen LogP contribution in [0.1, 0.15) is 50.4 Å². The second-order valence-electron chi connectivity index (χ2n) is 5.70. The maximum Gasteiger partial charge on any atom is 0.0675 e. The molecule has 1 aliphatic rings. The van der Waals surface area contributed by atoms with Crippen LogP contribution >= 0.6 is 0 Å². The van der Waals surface area contributed by atoms with Crippen molar-refractivity contribution in [1.29, 1.82) is 0 Å². The quantitative estimate of drug-likeness (QED) is 0.873. The van der Waals surface area contributed by atoms with Gasteiger partial charge in [0.25, 0.3) is 0 Å². The maximum atomic E-state index is 6.40. The number of nitrogens with zero attached hydrogens (tertiary/aromatic N) is 2. The zero-order valence-electron chi connectivity index (χ0n) is 11.8. The molecule has 0 bridgehead atoms. The SMILES string of the molecule is Cc1ccc(C2C(N)CCCCN2C(C)C)nc1. The lowest BCUT2D eigenvalue weighted by atomic mass is 9.99. The molecule has 3 heteroatoms. The summed E-state index contributed by atoms with van der Waals surface area (Å²) in [7, 11) is 0. The van der Waals surface area contributed by atoms with Gasteiger partial charge in [-0.2, -0.15) is 0 Å². The monoisotopic (exact) mass is 247 g/mol. The van der Waals surface area contributed by atoms with Gasteiger partial charge in [-0.25, -0.2) is 0 Å². The fourth-order valence-corrected chi connectivity index (χ4v) is 2.84. The third-order valence-corrected chi connectivity index (χ3v) is 3.87. The Kier molecular flexibility index (Phi) is 4.36. The van der Waals surface area contributed by atoms with E-state index in [4.69, 9.17) is 5.73 Å². The highest BCUT2D eigenvalue weighted by Gasteiger charge is 2.31. The molecule has 3 nitrogen and oxygen atoms in total. The second-order valence-corrected chi connectivity index (χ2v) is 5.70. The van der Waals surface area contributed by atoms with Gasteiger partial charge in [-0.05, 0) is 51.8 Å². The molecule has 2 unspecified atom stereocenters. The highest BCUT2D eigenvalue weighted by atomic mass is 15.2. The summed E-state index contributed by atoms with van der Waals surface area (Å²) in [6.07, 6.45) is 5.52. The van der Waals surface area contributed by atoms with E-state index >= 15 is 0 Å². The first-order valence-corrected chi connectivity index (χ1v) is 7.03. The molecule has 100 valence electrons. The van der Waals surface area contributed by atoms with E-state index < -0.39 is 0 Å². The molecule has 0 spiro atoms. The van der Waals surface area contributed by atoms with Crippen LogP contribution in [0.5, 0.6) is 0 Å². The van der Waals surface area contributed by atoms with Crippen LogP contribution in [0.3, 0.4) is 0 Å². The van der Waals surface area contributed by atoms with Gasteiger partial charge in [-0.1, -0.05) is 12.5 Å². The fraction of sp³-hybridized carbons (Fsp3) is 0.667. The van der Waals surface area contributed by atoms with Crippen molar-refractivity contribution in [3.05, 3.63) is 29.6 Å². The fourth-order valence-electron chi connectivity index (χ4n) is 2.84. The van der Waals surface area contributed by atoms with Gasteiger partial charge in [0.2, 0.25) is 0 Å². The number of aromatic nitrogens is 1. The molecular weight excluding hydrogens is 222 g/mol. The summed E-state index contributed by atoms with van der Waals surface area (Å²) in [4.78, 5) is 7.11. The van der Waals surface area contributed by atoms with Crippen LogP contribution in [0.25, 0.3) is 0 Å². The summed E-state index contributed by atoms with van der Waals surface area (Å²) in [5.74, 6) is 0. The summed E-state index contributed by atoms with van der Waals surface area (Å²) in [6, 6.07) is 5.26. The molecule has 0 aromatic carbocycles. The average molecular weight is 247 g/mol. The minimum atomic E-state index is 0.199. The predicted molar refractivity (Wildman–Crippen MR) is 75.4 cm³/mol. The number of hydrogen-bond acceptors (Lipinski definition) is 3. The predicted octanol–water partition coefficient (Wildman–Crippen LogP) is 2.65. The van der Waals surface area contributed by atoms with Gasteiger partial charge in [0, 0.05) is 18.3 Å². The highest BCUT2D eigenvalue weighted by Crippen LogP contribution is 2.29. The number of nitrogens with two attached hydrogens (primary N) is 1. The third-order valence-electron chi connectivity index (χ3n) is 3.87. The molecule has 1 saturated heterocycles. The molecule has 2 N–H and O–H groups in total. The number of rotatable bonds is 2. The van der Waals surface area contributed by atoms with E-state index in [-0.39, 0.29) is 12.1 Å². The second kappa shape index (κ2) is 5.81. The van der Waals surface area contributed by atoms with Crippen LogP contribution in [-0.2, 0) is 0 Å². The Morgan fingerprint density at radius 2 is 2.11 bits per heavy atom. The lowest BCUT2D eigenvalue weighted by Crippen LogP contribution is -2.43. The molecule has 18 heavy (non-hydrogen) atoms. The zero-order chi connectivity index (χ0) is 13.1. The number of aryl methyl sites for hydroxylation is 1. The van der Waals surface area contributed by atoms with Crippen molar-refractivity contribution in [2.24, 2.45) is 5.73 Å². The zero-order valence-corrected chi connectivity index (χ0v) is 11.8. The molecule has 1 fully saturated rings. The first kappa shape index (κ1) is 13.5. The molecule has 1 aromatic rings. The van der Waals surface area contributed by atoms with E-state index in [1.807, 2.05) is 6.20 Å². The smallest absolute Gasteiger partial charge is 0.0675 e. The van der Waals surface area contributed by atoms with Crippen molar-refractivity contribution >= 4 is 0 Å². The Balaban J connectivity index is 2.31. The van der Waals surface area contributed by atoms with Crippen LogP contribution < -0.4 is 5.73 Å². The minimum absolute atomic E-state index is 0.199. The van der Waals surface area contributed by atoms with Gasteiger partial charge in [0.05, 0.1) is 11.7 Å². The Bertz CT molecular complexity index is 372. The highest BCUT2D eigenvalue weighted by molar-refractivity contribution is 5.17. The first-order valence-electron chi connectivity index (χ1n) is 7.03. The molecule has 1 aromatic heterocycles. The number of likely N-dealkylation sites (tertiary alicyclic amines) is 1. The first-order chi connectivity index (χ1) is 8.59. The van der Waals surface area contributed by atoms with Crippen molar-refractivity contribution in [2.45, 2.75) is 58.2 Å². The van der Waals surface area contributed by atoms with Crippen molar-refractivity contribution in [1.82, 2.24) is 9.88 Å². The average Bonchev–Trinajstić information content (AvgIpc) is 2.52. The van der Waals surface area contributed by atoms with Crippen LogP contribution in [0, 0.1) is 6.92 Å². The molecular formula is C15H25N3. The molecule has 0 aliphatic carbocycles. The van der Waals surface area contributed by atoms with Crippen LogP contribution in [0.4, 0.5) is 0 Å². The Hall–Kier alpha value is -0.930. The Labute approximate surface area is 110 Å².